The SMILES string of the molecule is CCNc1ccncc1S(=O)(=O)NCCOCC(F)(F)F. The highest BCUT2D eigenvalue weighted by molar-refractivity contribution is 7.89. The average Bonchev–Trinajstić information content (AvgIpc) is 2.37. The minimum atomic E-state index is -4.43. The summed E-state index contributed by atoms with van der Waals surface area (Å²) in [6, 6.07) is 1.50. The molecule has 0 aliphatic carbocycles. The van der Waals surface area contributed by atoms with Gasteiger partial charge in [0.15, 0.2) is 0 Å². The maximum atomic E-state index is 12.0. The van der Waals surface area contributed by atoms with Gasteiger partial charge in [-0.05, 0) is 13.0 Å². The molecule has 0 fully saturated rings. The van der Waals surface area contributed by atoms with Gasteiger partial charge < -0.3 is 10.1 Å². The molecule has 0 radical (unpaired) electrons. The van der Waals surface area contributed by atoms with Crippen LogP contribution in [0.3, 0.4) is 0 Å². The Balaban J connectivity index is 2.58. The number of nitrogens with one attached hydrogen (secondary N) is 2. The highest BCUT2D eigenvalue weighted by Gasteiger charge is 2.27. The van der Waals surface area contributed by atoms with Crippen molar-refractivity contribution in [1.29, 1.82) is 0 Å². The molecule has 6 nitrogen and oxygen atoms in total. The molecule has 0 aliphatic heterocycles. The molecule has 120 valence electrons. The molecule has 1 aromatic heterocycles. The van der Waals surface area contributed by atoms with Crippen LogP contribution in [0.5, 0.6) is 0 Å². The molecule has 0 aromatic carbocycles. The molecule has 2 N–H and O–H groups in total. The van der Waals surface area contributed by atoms with Crippen molar-refractivity contribution >= 4 is 15.7 Å². The first-order chi connectivity index (χ1) is 9.76. The van der Waals surface area contributed by atoms with Gasteiger partial charge in [-0.25, -0.2) is 13.1 Å². The second-order valence-corrected chi connectivity index (χ2v) is 5.70. The zero-order valence-electron chi connectivity index (χ0n) is 11.3. The zero-order valence-corrected chi connectivity index (χ0v) is 12.1. The summed E-state index contributed by atoms with van der Waals surface area (Å²) in [7, 11) is -3.87. The van der Waals surface area contributed by atoms with Crippen LogP contribution in [0.1, 0.15) is 6.92 Å². The van der Waals surface area contributed by atoms with Crippen molar-refractivity contribution in [3.63, 3.8) is 0 Å². The molecular formula is C11H16F3N3O3S. The predicted octanol–water partition coefficient (Wildman–Crippen LogP) is 1.37. The molecule has 0 saturated carbocycles. The maximum absolute atomic E-state index is 12.0. The van der Waals surface area contributed by atoms with Gasteiger partial charge in [0.25, 0.3) is 0 Å². The largest absolute Gasteiger partial charge is 0.411 e. The minimum absolute atomic E-state index is 0.0670. The van der Waals surface area contributed by atoms with Gasteiger partial charge >= 0.3 is 6.18 Å². The normalized spacial score (nSPS) is 12.4. The Morgan fingerprint density at radius 2 is 2.10 bits per heavy atom. The molecule has 10 heteroatoms. The molecule has 1 rings (SSSR count). The molecule has 0 spiro atoms. The van der Waals surface area contributed by atoms with Gasteiger partial charge in [0.1, 0.15) is 11.5 Å². The predicted molar refractivity (Wildman–Crippen MR) is 70.5 cm³/mol. The van der Waals surface area contributed by atoms with Crippen molar-refractivity contribution in [2.75, 3.05) is 31.6 Å². The lowest BCUT2D eigenvalue weighted by Crippen LogP contribution is -2.29. The Bertz CT molecular complexity index is 549. The Labute approximate surface area is 120 Å². The van der Waals surface area contributed by atoms with Gasteiger partial charge in [-0.3, -0.25) is 4.98 Å². The number of anilines is 1. The van der Waals surface area contributed by atoms with Crippen LogP contribution in [0, 0.1) is 0 Å². The third-order valence-electron chi connectivity index (χ3n) is 2.25. The summed E-state index contributed by atoms with van der Waals surface area (Å²) in [5.74, 6) is 0. The lowest BCUT2D eigenvalue weighted by atomic mass is 10.4. The van der Waals surface area contributed by atoms with E-state index in [1.807, 2.05) is 0 Å². The molecule has 1 aromatic rings. The van der Waals surface area contributed by atoms with E-state index in [0.29, 0.717) is 12.2 Å². The van der Waals surface area contributed by atoms with Crippen LogP contribution in [0.25, 0.3) is 0 Å². The third-order valence-corrected chi connectivity index (χ3v) is 3.73. The summed E-state index contributed by atoms with van der Waals surface area (Å²) in [6.45, 7) is 0.259. The van der Waals surface area contributed by atoms with Gasteiger partial charge in [-0.15, -0.1) is 0 Å². The average molecular weight is 327 g/mol. The Morgan fingerprint density at radius 1 is 1.38 bits per heavy atom. The summed E-state index contributed by atoms with van der Waals surface area (Å²) in [5, 5.41) is 2.86. The molecular weight excluding hydrogens is 311 g/mol. The maximum Gasteiger partial charge on any atom is 0.411 e. The molecule has 0 aliphatic rings. The number of rotatable bonds is 8. The fourth-order valence-corrected chi connectivity index (χ4v) is 2.58. The van der Waals surface area contributed by atoms with Crippen LogP contribution < -0.4 is 10.0 Å². The highest BCUT2D eigenvalue weighted by atomic mass is 32.2. The molecule has 21 heavy (non-hydrogen) atoms. The summed E-state index contributed by atoms with van der Waals surface area (Å²) in [4.78, 5) is 3.66. The summed E-state index contributed by atoms with van der Waals surface area (Å²) < 4.78 is 66.0. The summed E-state index contributed by atoms with van der Waals surface area (Å²) >= 11 is 0. The van der Waals surface area contributed by atoms with Gasteiger partial charge in [-0.1, -0.05) is 0 Å². The first-order valence-electron chi connectivity index (χ1n) is 6.08. The monoisotopic (exact) mass is 327 g/mol. The number of hydrogen-bond donors (Lipinski definition) is 2. The summed E-state index contributed by atoms with van der Waals surface area (Å²) in [5.41, 5.74) is 0.371. The van der Waals surface area contributed by atoms with E-state index in [1.54, 1.807) is 6.92 Å². The van der Waals surface area contributed by atoms with Gasteiger partial charge in [0, 0.05) is 25.5 Å². The van der Waals surface area contributed by atoms with Crippen LogP contribution in [-0.2, 0) is 14.8 Å². The van der Waals surface area contributed by atoms with Crippen LogP contribution in [0.4, 0.5) is 18.9 Å². The van der Waals surface area contributed by atoms with Gasteiger partial charge in [0.2, 0.25) is 10.0 Å². The first-order valence-corrected chi connectivity index (χ1v) is 7.56. The molecule has 0 unspecified atom stereocenters. The quantitative estimate of drug-likeness (QED) is 0.705. The van der Waals surface area contributed by atoms with E-state index in [9.17, 15) is 21.6 Å². The zero-order chi connectivity index (χ0) is 15.9. The highest BCUT2D eigenvalue weighted by Crippen LogP contribution is 2.19. The Hall–Kier alpha value is -1.39. The second-order valence-electron chi connectivity index (χ2n) is 3.97. The Morgan fingerprint density at radius 3 is 2.71 bits per heavy atom. The van der Waals surface area contributed by atoms with Gasteiger partial charge in [-0.2, -0.15) is 13.2 Å². The first kappa shape index (κ1) is 17.7. The number of hydrogen-bond acceptors (Lipinski definition) is 5. The molecule has 0 amide bonds. The van der Waals surface area contributed by atoms with Gasteiger partial charge in [0.05, 0.1) is 12.3 Å². The molecule has 0 bridgehead atoms. The number of ether oxygens (including phenoxy) is 1. The number of nitrogens with zero attached hydrogens (tertiary/aromatic N) is 1. The van der Waals surface area contributed by atoms with Crippen molar-refractivity contribution in [1.82, 2.24) is 9.71 Å². The number of sulfonamides is 1. The van der Waals surface area contributed by atoms with Crippen molar-refractivity contribution < 1.29 is 26.3 Å². The standard InChI is InChI=1S/C11H16F3N3O3S/c1-2-16-9-3-4-15-7-10(9)21(18,19)17-5-6-20-8-11(12,13)14/h3-4,7,17H,2,5-6,8H2,1H3,(H,15,16). The van der Waals surface area contributed by atoms with E-state index in [4.69, 9.17) is 0 Å². The van der Waals surface area contributed by atoms with Crippen molar-refractivity contribution in [3.8, 4) is 0 Å². The van der Waals surface area contributed by atoms with Crippen LogP contribution in [0.15, 0.2) is 23.4 Å². The minimum Gasteiger partial charge on any atom is -0.384 e. The molecule has 0 atom stereocenters. The summed E-state index contributed by atoms with van der Waals surface area (Å²) in [6.07, 6.45) is -1.83. The van der Waals surface area contributed by atoms with E-state index >= 15 is 0 Å². The number of halogens is 3. The topological polar surface area (TPSA) is 80.3 Å². The lowest BCUT2D eigenvalue weighted by molar-refractivity contribution is -0.173. The van der Waals surface area contributed by atoms with E-state index < -0.39 is 22.8 Å². The fraction of sp³-hybridized carbons (Fsp3) is 0.545. The third kappa shape index (κ3) is 6.27. The molecule has 0 saturated heterocycles. The lowest BCUT2D eigenvalue weighted by Gasteiger charge is -2.12. The van der Waals surface area contributed by atoms with E-state index in [2.05, 4.69) is 19.8 Å². The van der Waals surface area contributed by atoms with E-state index in [0.717, 1.165) is 6.20 Å². The number of alkyl halides is 3. The second kappa shape index (κ2) is 7.57. The van der Waals surface area contributed by atoms with Crippen LogP contribution in [-0.4, -0.2) is 45.9 Å². The van der Waals surface area contributed by atoms with Crippen molar-refractivity contribution in [3.05, 3.63) is 18.5 Å². The fourth-order valence-electron chi connectivity index (χ4n) is 1.44. The number of aromatic nitrogens is 1. The van der Waals surface area contributed by atoms with Crippen LogP contribution in [0.2, 0.25) is 0 Å². The smallest absolute Gasteiger partial charge is 0.384 e. The van der Waals surface area contributed by atoms with Crippen LogP contribution >= 0.6 is 0 Å². The number of pyridine rings is 1. The van der Waals surface area contributed by atoms with Crippen molar-refractivity contribution in [2.45, 2.75) is 18.0 Å². The Kier molecular flexibility index (Phi) is 6.37. The molecule has 1 heterocycles. The van der Waals surface area contributed by atoms with E-state index in [1.165, 1.54) is 12.3 Å². The van der Waals surface area contributed by atoms with Crippen molar-refractivity contribution in [2.24, 2.45) is 0 Å². The van der Waals surface area contributed by atoms with E-state index in [-0.39, 0.29) is 18.0 Å².